The van der Waals surface area contributed by atoms with Crippen LogP contribution in [0.4, 0.5) is 0 Å². The van der Waals surface area contributed by atoms with E-state index in [1.165, 1.54) is 5.56 Å². The molecule has 126 valence electrons. The number of carbonyl (C=O) groups is 1. The Kier molecular flexibility index (Phi) is 4.69. The lowest BCUT2D eigenvalue weighted by Crippen LogP contribution is -2.27. The molecule has 0 saturated heterocycles. The van der Waals surface area contributed by atoms with Crippen molar-refractivity contribution < 1.29 is 14.3 Å². The highest BCUT2D eigenvalue weighted by molar-refractivity contribution is 5.94. The third kappa shape index (κ3) is 3.35. The van der Waals surface area contributed by atoms with Gasteiger partial charge in [-0.25, -0.2) is 0 Å². The summed E-state index contributed by atoms with van der Waals surface area (Å²) in [5.41, 5.74) is 2.67. The fourth-order valence-electron chi connectivity index (χ4n) is 2.98. The largest absolute Gasteiger partial charge is 0.497 e. The van der Waals surface area contributed by atoms with Gasteiger partial charge in [-0.2, -0.15) is 0 Å². The topological polar surface area (TPSA) is 51.7 Å². The highest BCUT2D eigenvalue weighted by atomic mass is 16.5. The first-order valence-corrected chi connectivity index (χ1v) is 8.03. The van der Waals surface area contributed by atoms with Crippen molar-refractivity contribution in [3.8, 4) is 11.5 Å². The molecule has 0 spiro atoms. The van der Waals surface area contributed by atoms with Crippen LogP contribution in [0.5, 0.6) is 11.5 Å². The van der Waals surface area contributed by atoms with Crippen molar-refractivity contribution in [2.24, 2.45) is 5.92 Å². The molecule has 0 saturated carbocycles. The van der Waals surface area contributed by atoms with Crippen LogP contribution in [-0.4, -0.2) is 43.6 Å². The number of aromatic nitrogens is 1. The van der Waals surface area contributed by atoms with Gasteiger partial charge in [0.15, 0.2) is 0 Å². The van der Waals surface area contributed by atoms with Crippen molar-refractivity contribution in [3.63, 3.8) is 0 Å². The van der Waals surface area contributed by atoms with E-state index in [1.807, 2.05) is 24.3 Å². The second-order valence-corrected chi connectivity index (χ2v) is 6.26. The Balaban J connectivity index is 1.77. The van der Waals surface area contributed by atoms with E-state index in [0.29, 0.717) is 18.1 Å². The van der Waals surface area contributed by atoms with E-state index in [-0.39, 0.29) is 5.91 Å². The molecule has 1 unspecified atom stereocenters. The number of fused-ring (bicyclic) bond motifs is 1. The molecule has 0 fully saturated rings. The van der Waals surface area contributed by atoms with Gasteiger partial charge in [-0.1, -0.05) is 6.07 Å². The van der Waals surface area contributed by atoms with Crippen molar-refractivity contribution in [1.82, 2.24) is 9.88 Å². The maximum atomic E-state index is 12.3. The Labute approximate surface area is 142 Å². The van der Waals surface area contributed by atoms with Crippen molar-refractivity contribution in [2.75, 3.05) is 27.8 Å². The molecule has 24 heavy (non-hydrogen) atoms. The summed E-state index contributed by atoms with van der Waals surface area (Å²) < 4.78 is 11.1. The normalized spacial score (nSPS) is 16.0. The van der Waals surface area contributed by atoms with E-state index in [1.54, 1.807) is 38.4 Å². The lowest BCUT2D eigenvalue weighted by Gasteiger charge is -2.26. The van der Waals surface area contributed by atoms with Crippen LogP contribution in [0.15, 0.2) is 36.5 Å². The van der Waals surface area contributed by atoms with Crippen LogP contribution < -0.4 is 9.47 Å². The van der Waals surface area contributed by atoms with Gasteiger partial charge in [-0.3, -0.25) is 9.78 Å². The molecule has 2 aromatic rings. The number of rotatable bonds is 4. The second-order valence-electron chi connectivity index (χ2n) is 6.26. The molecule has 1 aromatic carbocycles. The molecule has 3 rings (SSSR count). The quantitative estimate of drug-likeness (QED) is 0.866. The van der Waals surface area contributed by atoms with Gasteiger partial charge in [0.05, 0.1) is 25.0 Å². The minimum atomic E-state index is -0.0139. The summed E-state index contributed by atoms with van der Waals surface area (Å²) in [7, 11) is 5.16. The van der Waals surface area contributed by atoms with Crippen LogP contribution >= 0.6 is 0 Å². The molecule has 5 nitrogen and oxygen atoms in total. The predicted molar refractivity (Wildman–Crippen MR) is 91.6 cm³/mol. The van der Waals surface area contributed by atoms with Gasteiger partial charge in [-0.15, -0.1) is 0 Å². The van der Waals surface area contributed by atoms with Crippen molar-refractivity contribution >= 4 is 5.91 Å². The fraction of sp³-hybridized carbons (Fsp3) is 0.368. The molecule has 0 aliphatic carbocycles. The molecule has 0 radical (unpaired) electrons. The van der Waals surface area contributed by atoms with E-state index in [9.17, 15) is 4.79 Å². The monoisotopic (exact) mass is 326 g/mol. The van der Waals surface area contributed by atoms with Gasteiger partial charge in [-0.05, 0) is 36.6 Å². The molecular formula is C19H22N2O3. The first-order valence-electron chi connectivity index (χ1n) is 8.03. The minimum absolute atomic E-state index is 0.0139. The van der Waals surface area contributed by atoms with Crippen LogP contribution in [0.25, 0.3) is 0 Å². The van der Waals surface area contributed by atoms with Gasteiger partial charge in [0.1, 0.15) is 11.5 Å². The number of pyridine rings is 1. The maximum Gasteiger partial charge on any atom is 0.255 e. The predicted octanol–water partition coefficient (Wildman–Crippen LogP) is 2.59. The number of nitrogens with zero attached hydrogens (tertiary/aromatic N) is 2. The average molecular weight is 326 g/mol. The lowest BCUT2D eigenvalue weighted by atomic mass is 9.91. The first-order chi connectivity index (χ1) is 11.6. The smallest absolute Gasteiger partial charge is 0.255 e. The molecule has 5 heteroatoms. The SMILES string of the molecule is COc1ccc2c(c1)OCC(Cc1ncccc1C(=O)N(C)C)C2. The summed E-state index contributed by atoms with van der Waals surface area (Å²) in [5.74, 6) is 1.97. The summed E-state index contributed by atoms with van der Waals surface area (Å²) in [6.45, 7) is 0.617. The lowest BCUT2D eigenvalue weighted by molar-refractivity contribution is 0.0825. The van der Waals surface area contributed by atoms with Crippen LogP contribution in [0.3, 0.4) is 0 Å². The Morgan fingerprint density at radius 2 is 2.21 bits per heavy atom. The average Bonchev–Trinajstić information content (AvgIpc) is 2.61. The molecule has 1 amide bonds. The van der Waals surface area contributed by atoms with Gasteiger partial charge in [0.2, 0.25) is 0 Å². The number of carbonyl (C=O) groups excluding carboxylic acids is 1. The summed E-state index contributed by atoms with van der Waals surface area (Å²) in [6.07, 6.45) is 3.37. The first kappa shape index (κ1) is 16.3. The fourth-order valence-corrected chi connectivity index (χ4v) is 2.98. The Morgan fingerprint density at radius 3 is 2.96 bits per heavy atom. The summed E-state index contributed by atoms with van der Waals surface area (Å²) in [6, 6.07) is 9.57. The summed E-state index contributed by atoms with van der Waals surface area (Å²) in [5, 5.41) is 0. The van der Waals surface area contributed by atoms with Crippen LogP contribution in [0, 0.1) is 5.92 Å². The Hall–Kier alpha value is -2.56. The minimum Gasteiger partial charge on any atom is -0.497 e. The van der Waals surface area contributed by atoms with E-state index >= 15 is 0 Å². The highest BCUT2D eigenvalue weighted by Crippen LogP contribution is 2.32. The second kappa shape index (κ2) is 6.91. The number of ether oxygens (including phenoxy) is 2. The standard InChI is InChI=1S/C19H22N2O3/c1-21(2)19(22)16-5-4-8-20-17(16)10-13-9-14-6-7-15(23-3)11-18(14)24-12-13/h4-8,11,13H,9-10,12H2,1-3H3. The zero-order valence-electron chi connectivity index (χ0n) is 14.3. The van der Waals surface area contributed by atoms with Gasteiger partial charge in [0, 0.05) is 32.3 Å². The highest BCUT2D eigenvalue weighted by Gasteiger charge is 2.23. The van der Waals surface area contributed by atoms with Crippen molar-refractivity contribution in [1.29, 1.82) is 0 Å². The number of hydrogen-bond donors (Lipinski definition) is 0. The van der Waals surface area contributed by atoms with Crippen molar-refractivity contribution in [3.05, 3.63) is 53.3 Å². The molecule has 1 atom stereocenters. The zero-order valence-corrected chi connectivity index (χ0v) is 14.3. The molecule has 1 aliphatic heterocycles. The molecule has 0 bridgehead atoms. The van der Waals surface area contributed by atoms with Crippen molar-refractivity contribution in [2.45, 2.75) is 12.8 Å². The van der Waals surface area contributed by atoms with Gasteiger partial charge in [0.25, 0.3) is 5.91 Å². The van der Waals surface area contributed by atoms with Crippen LogP contribution in [0.1, 0.15) is 21.6 Å². The van der Waals surface area contributed by atoms with E-state index in [4.69, 9.17) is 9.47 Å². The number of amides is 1. The number of methoxy groups -OCH3 is 1. The molecular weight excluding hydrogens is 304 g/mol. The Morgan fingerprint density at radius 1 is 1.38 bits per heavy atom. The number of hydrogen-bond acceptors (Lipinski definition) is 4. The number of benzene rings is 1. The maximum absolute atomic E-state index is 12.3. The van der Waals surface area contributed by atoms with Crippen LogP contribution in [-0.2, 0) is 12.8 Å². The van der Waals surface area contributed by atoms with E-state index in [2.05, 4.69) is 4.98 Å². The van der Waals surface area contributed by atoms with Gasteiger partial charge < -0.3 is 14.4 Å². The molecule has 2 heterocycles. The Bertz CT molecular complexity index is 743. The third-order valence-corrected chi connectivity index (χ3v) is 4.27. The summed E-state index contributed by atoms with van der Waals surface area (Å²) in [4.78, 5) is 18.3. The van der Waals surface area contributed by atoms with Crippen LogP contribution in [0.2, 0.25) is 0 Å². The van der Waals surface area contributed by atoms with E-state index in [0.717, 1.165) is 30.0 Å². The molecule has 1 aromatic heterocycles. The van der Waals surface area contributed by atoms with Gasteiger partial charge >= 0.3 is 0 Å². The summed E-state index contributed by atoms with van der Waals surface area (Å²) >= 11 is 0. The zero-order chi connectivity index (χ0) is 17.1. The molecule has 1 aliphatic rings. The molecule has 0 N–H and O–H groups in total. The third-order valence-electron chi connectivity index (χ3n) is 4.27. The van der Waals surface area contributed by atoms with E-state index < -0.39 is 0 Å².